The van der Waals surface area contributed by atoms with Crippen LogP contribution < -0.4 is 9.80 Å². The second-order valence-electron chi connectivity index (χ2n) is 23.2. The van der Waals surface area contributed by atoms with Crippen molar-refractivity contribution in [3.8, 4) is 55.6 Å². The highest BCUT2D eigenvalue weighted by atomic mass is 15.2. The molecule has 0 N–H and O–H groups in total. The number of hydrogen-bond donors (Lipinski definition) is 0. The van der Waals surface area contributed by atoms with Gasteiger partial charge in [0.1, 0.15) is 0 Å². The second-order valence-corrected chi connectivity index (χ2v) is 23.2. The number of para-hydroxylation sites is 4. The van der Waals surface area contributed by atoms with Crippen LogP contribution in [0.4, 0.5) is 34.1 Å². The molecule has 12 aromatic rings. The minimum absolute atomic E-state index is 0.105. The van der Waals surface area contributed by atoms with E-state index in [1.807, 2.05) is 0 Å². The zero-order chi connectivity index (χ0) is 52.0. The third kappa shape index (κ3) is 6.50. The van der Waals surface area contributed by atoms with Gasteiger partial charge in [-0.15, -0.1) is 0 Å². The number of nitrogens with zero attached hydrogens (tertiary/aromatic N) is 2. The molecule has 16 rings (SSSR count). The van der Waals surface area contributed by atoms with Crippen molar-refractivity contribution < 1.29 is 0 Å². The van der Waals surface area contributed by atoms with Gasteiger partial charge in [0.15, 0.2) is 0 Å². The molecule has 370 valence electrons. The summed E-state index contributed by atoms with van der Waals surface area (Å²) in [6, 6.07) is 92.4. The third-order valence-corrected chi connectivity index (χ3v) is 18.2. The van der Waals surface area contributed by atoms with Crippen LogP contribution in [0, 0.1) is 0 Å². The van der Waals surface area contributed by atoms with Crippen molar-refractivity contribution >= 4 is 55.7 Å². The van der Waals surface area contributed by atoms with Crippen LogP contribution >= 0.6 is 0 Å². The maximum atomic E-state index is 2.53. The van der Waals surface area contributed by atoms with Gasteiger partial charge in [-0.1, -0.05) is 204 Å². The van der Waals surface area contributed by atoms with Crippen LogP contribution in [0.15, 0.2) is 243 Å². The Bertz CT molecular complexity index is 4440. The highest BCUT2D eigenvalue weighted by molar-refractivity contribution is 6.23. The molecule has 78 heavy (non-hydrogen) atoms. The largest absolute Gasteiger partial charge is 0.310 e. The molecule has 2 heterocycles. The second kappa shape index (κ2) is 16.6. The highest BCUT2D eigenvalue weighted by Gasteiger charge is 2.37. The molecule has 4 aliphatic rings. The zero-order valence-electron chi connectivity index (χ0n) is 44.4. The first kappa shape index (κ1) is 45.0. The number of benzene rings is 12. The lowest BCUT2D eigenvalue weighted by molar-refractivity contribution is 0.660. The summed E-state index contributed by atoms with van der Waals surface area (Å²) in [5.41, 5.74) is 30.5. The molecule has 2 aliphatic heterocycles. The smallest absolute Gasteiger partial charge is 0.0497 e. The molecule has 0 aromatic heterocycles. The van der Waals surface area contributed by atoms with Crippen LogP contribution in [0.2, 0.25) is 0 Å². The molecule has 0 amide bonds. The van der Waals surface area contributed by atoms with Crippen LogP contribution in [0.3, 0.4) is 0 Å². The Morgan fingerprint density at radius 3 is 1.10 bits per heavy atom. The molecule has 0 radical (unpaired) electrons. The molecule has 0 bridgehead atoms. The quantitative estimate of drug-likeness (QED) is 0.159. The van der Waals surface area contributed by atoms with Gasteiger partial charge in [0.2, 0.25) is 0 Å². The summed E-state index contributed by atoms with van der Waals surface area (Å²) in [5, 5.41) is 4.91. The first-order chi connectivity index (χ1) is 38.2. The van der Waals surface area contributed by atoms with E-state index in [4.69, 9.17) is 0 Å². The molecule has 2 aliphatic carbocycles. The van der Waals surface area contributed by atoms with E-state index in [2.05, 4.69) is 280 Å². The van der Waals surface area contributed by atoms with E-state index in [-0.39, 0.29) is 10.8 Å². The molecule has 0 unspecified atom stereocenters. The van der Waals surface area contributed by atoms with Gasteiger partial charge in [-0.3, -0.25) is 0 Å². The van der Waals surface area contributed by atoms with Crippen LogP contribution in [0.25, 0.3) is 77.2 Å². The van der Waals surface area contributed by atoms with Gasteiger partial charge in [-0.05, 0) is 188 Å². The Labute approximate surface area is 457 Å². The molecule has 2 nitrogen and oxygen atoms in total. The number of rotatable bonds is 5. The van der Waals surface area contributed by atoms with E-state index in [0.29, 0.717) is 0 Å². The van der Waals surface area contributed by atoms with Crippen LogP contribution in [0.5, 0.6) is 0 Å². The minimum Gasteiger partial charge on any atom is -0.310 e. The van der Waals surface area contributed by atoms with Gasteiger partial charge >= 0.3 is 0 Å². The van der Waals surface area contributed by atoms with Gasteiger partial charge in [0.25, 0.3) is 0 Å². The molecule has 2 heteroatoms. The standard InChI is InChI=1S/C76H56N2/c1-75(2)65-26-11-9-24-57(65)59-36-32-48(43-67(59)75)47-22-17-23-53(40-47)73-61-38-34-56(78-71-30-15-7-20-51(71)42-52-21-8-16-31-72(52)78)46-64(61)74(54-33-37-60-58-25-10-12-27-66(58)76(3,4)68(60)44-54)62-39-35-55(45-63(62)73)77-69-28-13-5-18-49(69)41-50-19-6-14-29-70(50)77/h5-40,43-46H,41-42H2,1-4H3. The fraction of sp³-hybridized carbons (Fsp3) is 0.105. The Morgan fingerprint density at radius 2 is 0.628 bits per heavy atom. The van der Waals surface area contributed by atoms with Crippen molar-refractivity contribution in [2.75, 3.05) is 9.80 Å². The summed E-state index contributed by atoms with van der Waals surface area (Å²) in [4.78, 5) is 5.01. The summed E-state index contributed by atoms with van der Waals surface area (Å²) in [6.45, 7) is 9.56. The molecule has 0 saturated heterocycles. The van der Waals surface area contributed by atoms with Gasteiger partial charge in [-0.25, -0.2) is 0 Å². The Morgan fingerprint density at radius 1 is 0.269 bits per heavy atom. The van der Waals surface area contributed by atoms with E-state index < -0.39 is 0 Å². The lowest BCUT2D eigenvalue weighted by atomic mass is 9.80. The molecular formula is C76H56N2. The summed E-state index contributed by atoms with van der Waals surface area (Å²) in [6.07, 6.45) is 1.81. The molecular weight excluding hydrogens is 941 g/mol. The molecule has 0 spiro atoms. The monoisotopic (exact) mass is 996 g/mol. The average molecular weight is 997 g/mol. The first-order valence-corrected chi connectivity index (χ1v) is 27.7. The first-order valence-electron chi connectivity index (χ1n) is 27.7. The normalized spacial score (nSPS) is 14.7. The van der Waals surface area contributed by atoms with Crippen LogP contribution in [-0.2, 0) is 23.7 Å². The SMILES string of the molecule is CC1(C)c2ccccc2-c2ccc(-c3cccc(-c4c5ccc(N6c7ccccc7Cc7ccccc76)cc5c(-c5ccc6c(c5)C(C)(C)c5ccccc5-6)c5ccc(N6c7ccccc7Cc7ccccc76)cc45)c3)cc21. The number of anilines is 6. The summed E-state index contributed by atoms with van der Waals surface area (Å²) >= 11 is 0. The van der Waals surface area contributed by atoms with Crippen LogP contribution in [0.1, 0.15) is 72.2 Å². The summed E-state index contributed by atoms with van der Waals surface area (Å²) in [7, 11) is 0. The Balaban J connectivity index is 0.990. The van der Waals surface area contributed by atoms with E-state index in [1.165, 1.54) is 144 Å². The maximum absolute atomic E-state index is 2.53. The Kier molecular flexibility index (Phi) is 9.59. The zero-order valence-corrected chi connectivity index (χ0v) is 44.4. The predicted molar refractivity (Wildman–Crippen MR) is 328 cm³/mol. The summed E-state index contributed by atoms with van der Waals surface area (Å²) < 4.78 is 0. The van der Waals surface area contributed by atoms with Crippen molar-refractivity contribution in [1.29, 1.82) is 0 Å². The van der Waals surface area contributed by atoms with Crippen molar-refractivity contribution in [2.24, 2.45) is 0 Å². The fourth-order valence-electron chi connectivity index (χ4n) is 14.4. The average Bonchev–Trinajstić information content (AvgIpc) is 4.05. The number of fused-ring (bicyclic) bond motifs is 12. The highest BCUT2D eigenvalue weighted by Crippen LogP contribution is 2.55. The van der Waals surface area contributed by atoms with Gasteiger partial charge in [0, 0.05) is 57.8 Å². The van der Waals surface area contributed by atoms with Crippen LogP contribution in [-0.4, -0.2) is 0 Å². The molecule has 0 atom stereocenters. The maximum Gasteiger partial charge on any atom is 0.0497 e. The minimum atomic E-state index is -0.169. The van der Waals surface area contributed by atoms with Crippen molar-refractivity contribution in [3.63, 3.8) is 0 Å². The topological polar surface area (TPSA) is 6.48 Å². The predicted octanol–water partition coefficient (Wildman–Crippen LogP) is 20.4. The van der Waals surface area contributed by atoms with E-state index in [1.54, 1.807) is 0 Å². The fourth-order valence-corrected chi connectivity index (χ4v) is 14.4. The van der Waals surface area contributed by atoms with E-state index in [0.717, 1.165) is 24.2 Å². The third-order valence-electron chi connectivity index (χ3n) is 18.2. The van der Waals surface area contributed by atoms with Gasteiger partial charge in [-0.2, -0.15) is 0 Å². The molecule has 0 fully saturated rings. The van der Waals surface area contributed by atoms with E-state index in [9.17, 15) is 0 Å². The molecule has 0 saturated carbocycles. The van der Waals surface area contributed by atoms with Crippen molar-refractivity contribution in [3.05, 3.63) is 287 Å². The lowest BCUT2D eigenvalue weighted by Gasteiger charge is -2.34. The Hall–Kier alpha value is -9.24. The lowest BCUT2D eigenvalue weighted by Crippen LogP contribution is -2.18. The van der Waals surface area contributed by atoms with Crippen molar-refractivity contribution in [2.45, 2.75) is 51.4 Å². The molecule has 12 aromatic carbocycles. The van der Waals surface area contributed by atoms with E-state index >= 15 is 0 Å². The van der Waals surface area contributed by atoms with Crippen molar-refractivity contribution in [1.82, 2.24) is 0 Å². The van der Waals surface area contributed by atoms with Gasteiger partial charge < -0.3 is 9.80 Å². The summed E-state index contributed by atoms with van der Waals surface area (Å²) in [5.74, 6) is 0. The number of hydrogen-bond acceptors (Lipinski definition) is 2. The van der Waals surface area contributed by atoms with Gasteiger partial charge in [0.05, 0.1) is 0 Å².